The number of Topliss-reactive ketones (excluding diaryl/α,β-unsaturated/α-hetero) is 1. The average Bonchev–Trinajstić information content (AvgIpc) is 2.24. The minimum absolute atomic E-state index is 0.0433. The highest BCUT2D eigenvalue weighted by atomic mass is 19.1. The van der Waals surface area contributed by atoms with E-state index in [4.69, 9.17) is 0 Å². The molecule has 1 aliphatic rings. The van der Waals surface area contributed by atoms with Crippen LogP contribution >= 0.6 is 0 Å². The van der Waals surface area contributed by atoms with E-state index in [1.807, 2.05) is 0 Å². The summed E-state index contributed by atoms with van der Waals surface area (Å²) < 4.78 is 26.2. The van der Waals surface area contributed by atoms with Crippen molar-refractivity contribution in [1.82, 2.24) is 5.32 Å². The smallest absolute Gasteiger partial charge is 0.233 e. The predicted molar refractivity (Wildman–Crippen MR) is 60.6 cm³/mol. The first-order valence-corrected chi connectivity index (χ1v) is 5.61. The zero-order chi connectivity index (χ0) is 13.5. The molecule has 1 aliphatic heterocycles. The number of piperidine rings is 1. The lowest BCUT2D eigenvalue weighted by atomic mass is 9.79. The Bertz CT molecular complexity index is 485. The standard InChI is InChI=1S/C13H13F2NO2/c1-13(2)11(17)6-10(16-12(13)18)7-3-8(14)5-9(15)4-7/h3-5,10H,6H2,1-2H3,(H,16,18). The highest BCUT2D eigenvalue weighted by molar-refractivity contribution is 6.07. The summed E-state index contributed by atoms with van der Waals surface area (Å²) in [6.45, 7) is 3.07. The van der Waals surface area contributed by atoms with Crippen LogP contribution in [0, 0.1) is 17.0 Å². The lowest BCUT2D eigenvalue weighted by molar-refractivity contribution is -0.144. The Balaban J connectivity index is 2.31. The molecule has 1 saturated heterocycles. The van der Waals surface area contributed by atoms with Crippen LogP contribution in [-0.2, 0) is 9.59 Å². The Kier molecular flexibility index (Phi) is 2.92. The second-order valence-corrected chi connectivity index (χ2v) is 4.98. The Morgan fingerprint density at radius 3 is 2.22 bits per heavy atom. The lowest BCUT2D eigenvalue weighted by Crippen LogP contribution is -2.50. The van der Waals surface area contributed by atoms with Crippen molar-refractivity contribution in [2.45, 2.75) is 26.3 Å². The van der Waals surface area contributed by atoms with Crippen LogP contribution in [0.4, 0.5) is 8.78 Å². The molecule has 1 aromatic carbocycles. The van der Waals surface area contributed by atoms with Crippen LogP contribution in [0.25, 0.3) is 0 Å². The molecule has 0 aromatic heterocycles. The van der Waals surface area contributed by atoms with Crippen molar-refractivity contribution in [3.8, 4) is 0 Å². The minimum atomic E-state index is -1.08. The summed E-state index contributed by atoms with van der Waals surface area (Å²) in [5.74, 6) is -2.11. The van der Waals surface area contributed by atoms with Crippen LogP contribution < -0.4 is 5.32 Å². The molecule has 0 bridgehead atoms. The van der Waals surface area contributed by atoms with Gasteiger partial charge < -0.3 is 5.32 Å². The fourth-order valence-electron chi connectivity index (χ4n) is 1.93. The second-order valence-electron chi connectivity index (χ2n) is 4.98. The highest BCUT2D eigenvalue weighted by Gasteiger charge is 2.42. The van der Waals surface area contributed by atoms with Crippen LogP contribution in [0.3, 0.4) is 0 Å². The number of halogens is 2. The van der Waals surface area contributed by atoms with Crippen molar-refractivity contribution in [2.24, 2.45) is 5.41 Å². The molecule has 3 nitrogen and oxygen atoms in total. The number of hydrogen-bond acceptors (Lipinski definition) is 2. The first-order valence-electron chi connectivity index (χ1n) is 5.61. The largest absolute Gasteiger partial charge is 0.348 e. The van der Waals surface area contributed by atoms with Gasteiger partial charge in [0.15, 0.2) is 0 Å². The minimum Gasteiger partial charge on any atom is -0.348 e. The van der Waals surface area contributed by atoms with Crippen molar-refractivity contribution < 1.29 is 18.4 Å². The Morgan fingerprint density at radius 2 is 1.72 bits per heavy atom. The molecular formula is C13H13F2NO2. The third-order valence-electron chi connectivity index (χ3n) is 3.25. The third kappa shape index (κ3) is 2.12. The molecule has 1 heterocycles. The number of carbonyl (C=O) groups is 2. The van der Waals surface area contributed by atoms with E-state index >= 15 is 0 Å². The summed E-state index contributed by atoms with van der Waals surface area (Å²) in [6, 6.07) is 2.34. The normalized spacial score (nSPS) is 22.8. The third-order valence-corrected chi connectivity index (χ3v) is 3.25. The van der Waals surface area contributed by atoms with E-state index in [-0.39, 0.29) is 17.8 Å². The lowest BCUT2D eigenvalue weighted by Gasteiger charge is -2.33. The summed E-state index contributed by atoms with van der Waals surface area (Å²) in [6.07, 6.45) is 0.0433. The van der Waals surface area contributed by atoms with Crippen LogP contribution in [0.2, 0.25) is 0 Å². The maximum Gasteiger partial charge on any atom is 0.233 e. The topological polar surface area (TPSA) is 46.2 Å². The molecule has 0 radical (unpaired) electrons. The van der Waals surface area contributed by atoms with Crippen LogP contribution in [0.5, 0.6) is 0 Å². The van der Waals surface area contributed by atoms with Crippen molar-refractivity contribution in [2.75, 3.05) is 0 Å². The molecule has 2 rings (SSSR count). The molecule has 0 spiro atoms. The summed E-state index contributed by atoms with van der Waals surface area (Å²) in [5, 5.41) is 2.61. The van der Waals surface area contributed by atoms with Crippen LogP contribution in [0.1, 0.15) is 31.9 Å². The van der Waals surface area contributed by atoms with E-state index in [0.717, 1.165) is 18.2 Å². The number of ketones is 1. The van der Waals surface area contributed by atoms with E-state index in [1.54, 1.807) is 0 Å². The Labute approximate surface area is 103 Å². The van der Waals surface area contributed by atoms with Gasteiger partial charge in [-0.05, 0) is 31.5 Å². The molecule has 1 unspecified atom stereocenters. The van der Waals surface area contributed by atoms with Gasteiger partial charge in [0.25, 0.3) is 0 Å². The fraction of sp³-hybridized carbons (Fsp3) is 0.385. The van der Waals surface area contributed by atoms with Gasteiger partial charge in [0, 0.05) is 12.5 Å². The van der Waals surface area contributed by atoms with Gasteiger partial charge in [-0.25, -0.2) is 8.78 Å². The Hall–Kier alpha value is -1.78. The van der Waals surface area contributed by atoms with Crippen molar-refractivity contribution in [1.29, 1.82) is 0 Å². The van der Waals surface area contributed by atoms with Gasteiger partial charge >= 0.3 is 0 Å². The van der Waals surface area contributed by atoms with Crippen LogP contribution in [-0.4, -0.2) is 11.7 Å². The number of nitrogens with one attached hydrogen (secondary N) is 1. The van der Waals surface area contributed by atoms with Gasteiger partial charge in [0.05, 0.1) is 6.04 Å². The molecule has 0 aliphatic carbocycles. The molecular weight excluding hydrogens is 240 g/mol. The highest BCUT2D eigenvalue weighted by Crippen LogP contribution is 2.31. The van der Waals surface area contributed by atoms with Gasteiger partial charge in [0.1, 0.15) is 22.8 Å². The number of carbonyl (C=O) groups excluding carboxylic acids is 2. The van der Waals surface area contributed by atoms with E-state index in [2.05, 4.69) is 5.32 Å². The van der Waals surface area contributed by atoms with Gasteiger partial charge in [-0.1, -0.05) is 0 Å². The molecule has 5 heteroatoms. The zero-order valence-corrected chi connectivity index (χ0v) is 10.1. The van der Waals surface area contributed by atoms with E-state index in [9.17, 15) is 18.4 Å². The van der Waals surface area contributed by atoms with Gasteiger partial charge in [-0.2, -0.15) is 0 Å². The van der Waals surface area contributed by atoms with Crippen molar-refractivity contribution in [3.63, 3.8) is 0 Å². The molecule has 96 valence electrons. The summed E-state index contributed by atoms with van der Waals surface area (Å²) in [5.41, 5.74) is -0.813. The first-order chi connectivity index (χ1) is 8.30. The molecule has 1 fully saturated rings. The van der Waals surface area contributed by atoms with E-state index in [0.29, 0.717) is 0 Å². The van der Waals surface area contributed by atoms with Gasteiger partial charge in [-0.3, -0.25) is 9.59 Å². The van der Waals surface area contributed by atoms with E-state index < -0.39 is 29.0 Å². The Morgan fingerprint density at radius 1 is 1.17 bits per heavy atom. The van der Waals surface area contributed by atoms with Crippen LogP contribution in [0.15, 0.2) is 18.2 Å². The molecule has 1 N–H and O–H groups in total. The molecule has 1 amide bonds. The molecule has 18 heavy (non-hydrogen) atoms. The quantitative estimate of drug-likeness (QED) is 0.779. The fourth-order valence-corrected chi connectivity index (χ4v) is 1.93. The maximum absolute atomic E-state index is 13.1. The van der Waals surface area contributed by atoms with E-state index in [1.165, 1.54) is 13.8 Å². The second kappa shape index (κ2) is 4.15. The first kappa shape index (κ1) is 12.7. The number of amides is 1. The van der Waals surface area contributed by atoms with Crippen molar-refractivity contribution in [3.05, 3.63) is 35.4 Å². The predicted octanol–water partition coefficient (Wildman–Crippen LogP) is 2.12. The number of benzene rings is 1. The monoisotopic (exact) mass is 253 g/mol. The molecule has 0 saturated carbocycles. The SMILES string of the molecule is CC1(C)C(=O)CC(c2cc(F)cc(F)c2)NC1=O. The number of hydrogen-bond donors (Lipinski definition) is 1. The molecule has 1 aromatic rings. The van der Waals surface area contributed by atoms with Gasteiger partial charge in [-0.15, -0.1) is 0 Å². The summed E-state index contributed by atoms with van der Waals surface area (Å²) >= 11 is 0. The van der Waals surface area contributed by atoms with Gasteiger partial charge in [0.2, 0.25) is 5.91 Å². The molecule has 1 atom stereocenters. The summed E-state index contributed by atoms with van der Waals surface area (Å²) in [4.78, 5) is 23.6. The average molecular weight is 253 g/mol. The number of rotatable bonds is 1. The zero-order valence-electron chi connectivity index (χ0n) is 10.1. The summed E-state index contributed by atoms with van der Waals surface area (Å²) in [7, 11) is 0. The van der Waals surface area contributed by atoms with Crippen molar-refractivity contribution >= 4 is 11.7 Å². The maximum atomic E-state index is 13.1.